The monoisotopic (exact) mass is 137 g/mol. The fourth-order valence-electron chi connectivity index (χ4n) is 1.40. The molecule has 3 heteroatoms. The minimum absolute atomic E-state index is 0.588. The molecule has 0 aromatic heterocycles. The molecular weight excluding hydrogens is 126 g/mol. The van der Waals surface area contributed by atoms with Gasteiger partial charge in [0.25, 0.3) is 0 Å². The second-order valence-corrected chi connectivity index (χ2v) is 2.77. The lowest BCUT2D eigenvalue weighted by molar-refractivity contribution is 0.631. The molecule has 1 saturated heterocycles. The zero-order valence-corrected chi connectivity index (χ0v) is 5.72. The van der Waals surface area contributed by atoms with Crippen molar-refractivity contribution in [2.45, 2.75) is 6.42 Å². The lowest BCUT2D eigenvalue weighted by Crippen LogP contribution is -2.20. The second-order valence-electron chi connectivity index (χ2n) is 2.77. The van der Waals surface area contributed by atoms with Crippen LogP contribution in [0.15, 0.2) is 23.5 Å². The smallest absolute Gasteiger partial charge is 0.0310 e. The molecular formula is C7H11N3. The van der Waals surface area contributed by atoms with Crippen molar-refractivity contribution in [2.24, 2.45) is 11.7 Å². The quantitative estimate of drug-likeness (QED) is 0.435. The van der Waals surface area contributed by atoms with Gasteiger partial charge in [-0.1, -0.05) is 0 Å². The number of hydrazine groups is 1. The van der Waals surface area contributed by atoms with Crippen molar-refractivity contribution in [2.75, 3.05) is 6.54 Å². The van der Waals surface area contributed by atoms with Crippen LogP contribution in [0.3, 0.4) is 0 Å². The van der Waals surface area contributed by atoms with Crippen molar-refractivity contribution in [1.29, 1.82) is 0 Å². The van der Waals surface area contributed by atoms with Crippen molar-refractivity contribution >= 4 is 0 Å². The normalized spacial score (nSPS) is 30.2. The van der Waals surface area contributed by atoms with Crippen LogP contribution in [0.25, 0.3) is 0 Å². The van der Waals surface area contributed by atoms with Gasteiger partial charge in [0.05, 0.1) is 0 Å². The van der Waals surface area contributed by atoms with Crippen LogP contribution in [-0.2, 0) is 0 Å². The summed E-state index contributed by atoms with van der Waals surface area (Å²) in [6.45, 7) is 1.00. The summed E-state index contributed by atoms with van der Waals surface area (Å²) >= 11 is 0. The molecule has 1 aliphatic heterocycles. The van der Waals surface area contributed by atoms with Crippen LogP contribution in [0.1, 0.15) is 6.42 Å². The van der Waals surface area contributed by atoms with Crippen molar-refractivity contribution in [1.82, 2.24) is 10.9 Å². The summed E-state index contributed by atoms with van der Waals surface area (Å²) in [6.07, 6.45) is 5.00. The standard InChI is InChI=1S/C7H11N3/c8-6-1-2-7-5(3-6)4-9-10-7/h1-2,5,9-10H,3-4,8H2. The van der Waals surface area contributed by atoms with E-state index in [0.717, 1.165) is 18.7 Å². The summed E-state index contributed by atoms with van der Waals surface area (Å²) in [5.74, 6) is 0.588. The third-order valence-electron chi connectivity index (χ3n) is 1.98. The molecule has 2 rings (SSSR count). The van der Waals surface area contributed by atoms with Gasteiger partial charge in [-0.25, -0.2) is 5.43 Å². The number of allylic oxidation sites excluding steroid dienone is 3. The maximum absolute atomic E-state index is 5.65. The summed E-state index contributed by atoms with van der Waals surface area (Å²) < 4.78 is 0. The van der Waals surface area contributed by atoms with Gasteiger partial charge in [0.1, 0.15) is 0 Å². The molecule has 2 aliphatic rings. The Balaban J connectivity index is 2.22. The minimum atomic E-state index is 0.588. The molecule has 3 nitrogen and oxygen atoms in total. The van der Waals surface area contributed by atoms with E-state index >= 15 is 0 Å². The molecule has 54 valence electrons. The van der Waals surface area contributed by atoms with E-state index in [1.54, 1.807) is 0 Å². The molecule has 1 fully saturated rings. The van der Waals surface area contributed by atoms with Crippen LogP contribution in [0.2, 0.25) is 0 Å². The van der Waals surface area contributed by atoms with Crippen LogP contribution in [-0.4, -0.2) is 6.54 Å². The van der Waals surface area contributed by atoms with E-state index in [4.69, 9.17) is 5.73 Å². The number of fused-ring (bicyclic) bond motifs is 1. The van der Waals surface area contributed by atoms with Gasteiger partial charge in [-0.2, -0.15) is 0 Å². The van der Waals surface area contributed by atoms with E-state index in [1.165, 1.54) is 5.70 Å². The first-order chi connectivity index (χ1) is 4.86. The highest BCUT2D eigenvalue weighted by Gasteiger charge is 2.22. The summed E-state index contributed by atoms with van der Waals surface area (Å²) in [5.41, 5.74) is 14.1. The molecule has 0 aromatic carbocycles. The number of nitrogens with two attached hydrogens (primary N) is 1. The van der Waals surface area contributed by atoms with E-state index in [-0.39, 0.29) is 0 Å². The topological polar surface area (TPSA) is 50.1 Å². The highest BCUT2D eigenvalue weighted by Crippen LogP contribution is 2.22. The third-order valence-corrected chi connectivity index (χ3v) is 1.98. The average molecular weight is 137 g/mol. The Bertz CT molecular complexity index is 205. The Morgan fingerprint density at radius 1 is 1.50 bits per heavy atom. The van der Waals surface area contributed by atoms with E-state index in [9.17, 15) is 0 Å². The van der Waals surface area contributed by atoms with Crippen LogP contribution in [0.4, 0.5) is 0 Å². The fourth-order valence-corrected chi connectivity index (χ4v) is 1.40. The fraction of sp³-hybridized carbons (Fsp3) is 0.429. The van der Waals surface area contributed by atoms with Gasteiger partial charge in [0.15, 0.2) is 0 Å². The molecule has 1 aliphatic carbocycles. The highest BCUT2D eigenvalue weighted by molar-refractivity contribution is 5.25. The Labute approximate surface area is 59.9 Å². The molecule has 0 aromatic rings. The largest absolute Gasteiger partial charge is 0.402 e. The second kappa shape index (κ2) is 2.02. The number of nitrogens with one attached hydrogen (secondary N) is 2. The van der Waals surface area contributed by atoms with Crippen LogP contribution < -0.4 is 16.6 Å². The van der Waals surface area contributed by atoms with Gasteiger partial charge in [0, 0.05) is 23.9 Å². The SMILES string of the molecule is NC1=CC=C2NNCC2C1. The average Bonchev–Trinajstić information content (AvgIpc) is 2.33. The predicted octanol–water partition coefficient (Wildman–Crippen LogP) is -0.159. The van der Waals surface area contributed by atoms with Gasteiger partial charge in [-0.15, -0.1) is 0 Å². The first-order valence-corrected chi connectivity index (χ1v) is 3.51. The summed E-state index contributed by atoms with van der Waals surface area (Å²) in [6, 6.07) is 0. The van der Waals surface area contributed by atoms with Crippen molar-refractivity contribution < 1.29 is 0 Å². The number of rotatable bonds is 0. The van der Waals surface area contributed by atoms with E-state index in [2.05, 4.69) is 10.9 Å². The van der Waals surface area contributed by atoms with Gasteiger partial charge in [-0.05, 0) is 18.6 Å². The lowest BCUT2D eigenvalue weighted by atomic mass is 9.97. The Kier molecular flexibility index (Phi) is 1.17. The van der Waals surface area contributed by atoms with E-state index in [1.807, 2.05) is 12.2 Å². The van der Waals surface area contributed by atoms with Crippen LogP contribution >= 0.6 is 0 Å². The molecule has 10 heavy (non-hydrogen) atoms. The number of hydrogen-bond acceptors (Lipinski definition) is 3. The first-order valence-electron chi connectivity index (χ1n) is 3.51. The highest BCUT2D eigenvalue weighted by atomic mass is 15.4. The predicted molar refractivity (Wildman–Crippen MR) is 39.6 cm³/mol. The zero-order valence-electron chi connectivity index (χ0n) is 5.72. The summed E-state index contributed by atoms with van der Waals surface area (Å²) in [4.78, 5) is 0. The van der Waals surface area contributed by atoms with Gasteiger partial charge < -0.3 is 11.2 Å². The van der Waals surface area contributed by atoms with Crippen LogP contribution in [0, 0.1) is 5.92 Å². The molecule has 0 bridgehead atoms. The Hall–Kier alpha value is -0.960. The first kappa shape index (κ1) is 5.80. The van der Waals surface area contributed by atoms with Crippen molar-refractivity contribution in [3.05, 3.63) is 23.5 Å². The van der Waals surface area contributed by atoms with E-state index < -0.39 is 0 Å². The molecule has 0 radical (unpaired) electrons. The molecule has 0 amide bonds. The maximum atomic E-state index is 5.65. The van der Waals surface area contributed by atoms with Crippen molar-refractivity contribution in [3.63, 3.8) is 0 Å². The molecule has 1 unspecified atom stereocenters. The Morgan fingerprint density at radius 2 is 2.40 bits per heavy atom. The maximum Gasteiger partial charge on any atom is 0.0310 e. The number of hydrogen-bond donors (Lipinski definition) is 3. The molecule has 0 spiro atoms. The zero-order chi connectivity index (χ0) is 6.97. The lowest BCUT2D eigenvalue weighted by Gasteiger charge is -2.13. The summed E-state index contributed by atoms with van der Waals surface area (Å²) in [5, 5.41) is 0. The molecule has 0 saturated carbocycles. The Morgan fingerprint density at radius 3 is 3.30 bits per heavy atom. The molecule has 4 N–H and O–H groups in total. The molecule has 1 atom stereocenters. The van der Waals surface area contributed by atoms with E-state index in [0.29, 0.717) is 5.92 Å². The third kappa shape index (κ3) is 0.789. The van der Waals surface area contributed by atoms with Gasteiger partial charge in [0.2, 0.25) is 0 Å². The van der Waals surface area contributed by atoms with Gasteiger partial charge >= 0.3 is 0 Å². The van der Waals surface area contributed by atoms with Gasteiger partial charge in [-0.3, -0.25) is 0 Å². The molecule has 1 heterocycles. The minimum Gasteiger partial charge on any atom is -0.402 e. The summed E-state index contributed by atoms with van der Waals surface area (Å²) in [7, 11) is 0. The van der Waals surface area contributed by atoms with Crippen LogP contribution in [0.5, 0.6) is 0 Å². The van der Waals surface area contributed by atoms with Crippen molar-refractivity contribution in [3.8, 4) is 0 Å².